The number of benzene rings is 1. The number of carbonyl (C=O) groups excluding carboxylic acids is 2. The summed E-state index contributed by atoms with van der Waals surface area (Å²) in [4.78, 5) is 28.7. The normalized spacial score (nSPS) is 25.3. The van der Waals surface area contributed by atoms with E-state index >= 15 is 0 Å². The molecule has 2 bridgehead atoms. The first-order valence-corrected chi connectivity index (χ1v) is 9.13. The molecule has 0 saturated heterocycles. The van der Waals surface area contributed by atoms with Crippen LogP contribution in [0.25, 0.3) is 0 Å². The van der Waals surface area contributed by atoms with Crippen molar-refractivity contribution in [2.75, 3.05) is 6.61 Å². The van der Waals surface area contributed by atoms with E-state index in [1.165, 1.54) is 25.3 Å². The minimum Gasteiger partial charge on any atom is -0.351 e. The lowest BCUT2D eigenvalue weighted by Gasteiger charge is -2.28. The van der Waals surface area contributed by atoms with Crippen molar-refractivity contribution in [2.45, 2.75) is 44.8 Å². The molecule has 1 aromatic carbocycles. The van der Waals surface area contributed by atoms with Crippen molar-refractivity contribution in [3.63, 3.8) is 0 Å². The van der Waals surface area contributed by atoms with Crippen LogP contribution >= 0.6 is 0 Å². The Morgan fingerprint density at radius 2 is 2.04 bits per heavy atom. The van der Waals surface area contributed by atoms with Gasteiger partial charge < -0.3 is 5.32 Å². The zero-order valence-electron chi connectivity index (χ0n) is 15.0. The fourth-order valence-electron chi connectivity index (χ4n) is 4.37. The van der Waals surface area contributed by atoms with Gasteiger partial charge in [-0.2, -0.15) is 13.2 Å². The van der Waals surface area contributed by atoms with E-state index in [2.05, 4.69) is 5.32 Å². The zero-order chi connectivity index (χ0) is 19.6. The van der Waals surface area contributed by atoms with E-state index in [0.717, 1.165) is 30.5 Å². The fourth-order valence-corrected chi connectivity index (χ4v) is 4.37. The van der Waals surface area contributed by atoms with Gasteiger partial charge in [0.15, 0.2) is 6.61 Å². The van der Waals surface area contributed by atoms with Gasteiger partial charge in [-0.1, -0.05) is 12.5 Å². The van der Waals surface area contributed by atoms with Gasteiger partial charge in [-0.25, -0.2) is 5.48 Å². The summed E-state index contributed by atoms with van der Waals surface area (Å²) in [5.74, 6) is 0.728. The number of nitrogens with one attached hydrogen (secondary N) is 2. The van der Waals surface area contributed by atoms with Gasteiger partial charge >= 0.3 is 6.18 Å². The van der Waals surface area contributed by atoms with E-state index in [4.69, 9.17) is 4.84 Å². The number of fused-ring (bicyclic) bond motifs is 2. The van der Waals surface area contributed by atoms with Crippen molar-refractivity contribution in [3.05, 3.63) is 35.4 Å². The molecule has 2 fully saturated rings. The standard InChI is InChI=1S/C19H23F3N2O3/c1-11(16-8-12-5-6-13(16)7-12)23-17(25)10-27-24-18(26)14-3-2-4-15(9-14)19(20,21)22/h2-4,9,11-13,16H,5-8,10H2,1H3,(H,23,25)(H,24,26)/t11-,12-,13-,16+/m0/s1. The molecule has 2 saturated carbocycles. The van der Waals surface area contributed by atoms with Gasteiger partial charge in [0.05, 0.1) is 5.56 Å². The van der Waals surface area contributed by atoms with Crippen LogP contribution < -0.4 is 10.8 Å². The Bertz CT molecular complexity index is 708. The van der Waals surface area contributed by atoms with E-state index in [9.17, 15) is 22.8 Å². The van der Waals surface area contributed by atoms with Crippen LogP contribution in [0.15, 0.2) is 24.3 Å². The minimum atomic E-state index is -4.53. The Morgan fingerprint density at radius 3 is 2.67 bits per heavy atom. The number of rotatable bonds is 6. The highest BCUT2D eigenvalue weighted by atomic mass is 19.4. The molecule has 0 spiro atoms. The zero-order valence-corrected chi connectivity index (χ0v) is 15.0. The molecule has 2 N–H and O–H groups in total. The second-order valence-electron chi connectivity index (χ2n) is 7.49. The predicted octanol–water partition coefficient (Wildman–Crippen LogP) is 3.31. The van der Waals surface area contributed by atoms with Gasteiger partial charge in [0, 0.05) is 11.6 Å². The van der Waals surface area contributed by atoms with Crippen LogP contribution in [0.1, 0.15) is 48.5 Å². The molecule has 8 heteroatoms. The Kier molecular flexibility index (Phi) is 5.74. The summed E-state index contributed by atoms with van der Waals surface area (Å²) in [6.45, 7) is 1.58. The number of halogens is 3. The van der Waals surface area contributed by atoms with Crippen molar-refractivity contribution < 1.29 is 27.6 Å². The monoisotopic (exact) mass is 384 g/mol. The molecular formula is C19H23F3N2O3. The SMILES string of the molecule is C[C@H](NC(=O)CONC(=O)c1cccc(C(F)(F)F)c1)[C@H]1C[C@H]2CC[C@H]1C2. The van der Waals surface area contributed by atoms with Gasteiger partial charge in [0.2, 0.25) is 5.91 Å². The van der Waals surface area contributed by atoms with E-state index in [1.807, 2.05) is 12.4 Å². The van der Waals surface area contributed by atoms with Crippen LogP contribution in [0.3, 0.4) is 0 Å². The first kappa shape index (κ1) is 19.7. The molecule has 1 aromatic rings. The molecule has 0 aromatic heterocycles. The summed E-state index contributed by atoms with van der Waals surface area (Å²) >= 11 is 0. The fraction of sp³-hybridized carbons (Fsp3) is 0.579. The van der Waals surface area contributed by atoms with Crippen LogP contribution in [-0.2, 0) is 15.8 Å². The Hall–Kier alpha value is -2.09. The number of amides is 2. The Morgan fingerprint density at radius 1 is 1.26 bits per heavy atom. The first-order chi connectivity index (χ1) is 12.7. The van der Waals surface area contributed by atoms with Gasteiger partial charge in [-0.15, -0.1) is 0 Å². The second-order valence-corrected chi connectivity index (χ2v) is 7.49. The maximum Gasteiger partial charge on any atom is 0.416 e. The highest BCUT2D eigenvalue weighted by Gasteiger charge is 2.42. The number of carbonyl (C=O) groups is 2. The Labute approximate surface area is 155 Å². The van der Waals surface area contributed by atoms with E-state index in [0.29, 0.717) is 11.8 Å². The summed E-state index contributed by atoms with van der Waals surface area (Å²) in [5, 5.41) is 2.89. The maximum absolute atomic E-state index is 12.7. The van der Waals surface area contributed by atoms with Gasteiger partial charge in [-0.05, 0) is 62.1 Å². The summed E-state index contributed by atoms with van der Waals surface area (Å²) in [6, 6.07) is 4.03. The minimum absolute atomic E-state index is 0.0376. The van der Waals surface area contributed by atoms with Crippen molar-refractivity contribution >= 4 is 11.8 Å². The van der Waals surface area contributed by atoms with Gasteiger partial charge in [0.1, 0.15) is 0 Å². The molecule has 2 amide bonds. The number of alkyl halides is 3. The van der Waals surface area contributed by atoms with E-state index < -0.39 is 24.3 Å². The van der Waals surface area contributed by atoms with Crippen LogP contribution in [0.5, 0.6) is 0 Å². The lowest BCUT2D eigenvalue weighted by atomic mass is 9.84. The number of hydrogen-bond donors (Lipinski definition) is 2. The lowest BCUT2D eigenvalue weighted by molar-refractivity contribution is -0.137. The lowest BCUT2D eigenvalue weighted by Crippen LogP contribution is -2.42. The summed E-state index contributed by atoms with van der Waals surface area (Å²) in [5.41, 5.74) is 0.894. The summed E-state index contributed by atoms with van der Waals surface area (Å²) < 4.78 is 38.0. The highest BCUT2D eigenvalue weighted by Crippen LogP contribution is 2.49. The maximum atomic E-state index is 12.7. The molecule has 27 heavy (non-hydrogen) atoms. The quantitative estimate of drug-likeness (QED) is 0.740. The van der Waals surface area contributed by atoms with Crippen molar-refractivity contribution in [3.8, 4) is 0 Å². The van der Waals surface area contributed by atoms with Crippen LogP contribution in [0.4, 0.5) is 13.2 Å². The molecule has 0 aliphatic heterocycles. The third kappa shape index (κ3) is 4.80. The molecule has 3 rings (SSSR count). The van der Waals surface area contributed by atoms with Gasteiger partial charge in [0.25, 0.3) is 5.91 Å². The van der Waals surface area contributed by atoms with Gasteiger partial charge in [-0.3, -0.25) is 14.4 Å². The number of hydroxylamine groups is 1. The third-order valence-electron chi connectivity index (χ3n) is 5.64. The summed E-state index contributed by atoms with van der Waals surface area (Å²) in [6.07, 6.45) is 0.353. The molecule has 2 aliphatic rings. The molecule has 0 heterocycles. The smallest absolute Gasteiger partial charge is 0.351 e. The molecule has 4 atom stereocenters. The molecule has 5 nitrogen and oxygen atoms in total. The van der Waals surface area contributed by atoms with Crippen LogP contribution in [0, 0.1) is 17.8 Å². The molecule has 2 aliphatic carbocycles. The highest BCUT2D eigenvalue weighted by molar-refractivity contribution is 5.93. The van der Waals surface area contributed by atoms with E-state index in [-0.39, 0.29) is 17.5 Å². The average Bonchev–Trinajstić information content (AvgIpc) is 3.24. The third-order valence-corrected chi connectivity index (χ3v) is 5.64. The molecular weight excluding hydrogens is 361 g/mol. The Balaban J connectivity index is 1.42. The van der Waals surface area contributed by atoms with Crippen molar-refractivity contribution in [1.82, 2.24) is 10.8 Å². The predicted molar refractivity (Wildman–Crippen MR) is 91.4 cm³/mol. The molecule has 0 unspecified atom stereocenters. The average molecular weight is 384 g/mol. The van der Waals surface area contributed by atoms with Crippen LogP contribution in [0.2, 0.25) is 0 Å². The van der Waals surface area contributed by atoms with E-state index in [1.54, 1.807) is 0 Å². The van der Waals surface area contributed by atoms with Crippen LogP contribution in [-0.4, -0.2) is 24.5 Å². The molecule has 0 radical (unpaired) electrons. The second kappa shape index (κ2) is 7.88. The topological polar surface area (TPSA) is 67.4 Å². The largest absolute Gasteiger partial charge is 0.416 e. The summed E-state index contributed by atoms with van der Waals surface area (Å²) in [7, 11) is 0. The number of hydrogen-bond acceptors (Lipinski definition) is 3. The first-order valence-electron chi connectivity index (χ1n) is 9.13. The van der Waals surface area contributed by atoms with Crippen molar-refractivity contribution in [2.24, 2.45) is 17.8 Å². The molecule has 148 valence electrons. The van der Waals surface area contributed by atoms with Crippen molar-refractivity contribution in [1.29, 1.82) is 0 Å².